The van der Waals surface area contributed by atoms with Crippen LogP contribution in [0.25, 0.3) is 0 Å². The van der Waals surface area contributed by atoms with Crippen LogP contribution in [0.1, 0.15) is 0 Å². The van der Waals surface area contributed by atoms with E-state index in [0.29, 0.717) is 0 Å². The van der Waals surface area contributed by atoms with Gasteiger partial charge in [0, 0.05) is 5.75 Å². The molecule has 0 aliphatic heterocycles. The first kappa shape index (κ1) is 14.6. The maximum atomic E-state index is 11.3. The minimum atomic E-state index is -0.833. The molecule has 0 saturated heterocycles. The molecular weight excluding hydrogens is 230 g/mol. The van der Waals surface area contributed by atoms with Crippen LogP contribution in [0, 0.1) is 0 Å². The van der Waals surface area contributed by atoms with Crippen molar-refractivity contribution in [2.24, 2.45) is 0 Å². The van der Waals surface area contributed by atoms with Gasteiger partial charge in [0.1, 0.15) is 19.3 Å². The van der Waals surface area contributed by atoms with E-state index >= 15 is 0 Å². The highest BCUT2D eigenvalue weighted by atomic mass is 32.1. The van der Waals surface area contributed by atoms with Gasteiger partial charge in [0.2, 0.25) is 0 Å². The third-order valence-corrected chi connectivity index (χ3v) is 1.80. The Labute approximate surface area is 99.9 Å². The maximum absolute atomic E-state index is 11.3. The lowest BCUT2D eigenvalue weighted by molar-refractivity contribution is -0.144. The highest BCUT2D eigenvalue weighted by molar-refractivity contribution is 7.80. The van der Waals surface area contributed by atoms with Crippen LogP contribution in [-0.4, -0.2) is 37.1 Å². The number of carbonyl (C=O) groups excluding carboxylic acids is 2. The number of hydrogen-bond acceptors (Lipinski definition) is 5. The Morgan fingerprint density at radius 3 is 2.31 bits per heavy atom. The molecule has 0 fully saturated rings. The average molecular weight is 245 g/mol. The maximum Gasteiger partial charge on any atom is 0.408 e. The molecule has 0 aliphatic carbocycles. The van der Waals surface area contributed by atoms with E-state index in [1.165, 1.54) is 12.2 Å². The summed E-state index contributed by atoms with van der Waals surface area (Å²) in [6.07, 6.45) is 2.14. The molecule has 0 spiro atoms. The summed E-state index contributed by atoms with van der Waals surface area (Å²) >= 11 is 3.93. The van der Waals surface area contributed by atoms with E-state index in [0.717, 1.165) is 0 Å². The first-order chi connectivity index (χ1) is 7.65. The van der Waals surface area contributed by atoms with Crippen LogP contribution >= 0.6 is 12.6 Å². The van der Waals surface area contributed by atoms with Gasteiger partial charge in [-0.1, -0.05) is 25.3 Å². The molecule has 1 amide bonds. The van der Waals surface area contributed by atoms with Crippen molar-refractivity contribution in [3.05, 3.63) is 25.3 Å². The molecule has 0 aromatic carbocycles. The number of carbonyl (C=O) groups is 2. The van der Waals surface area contributed by atoms with E-state index in [9.17, 15) is 9.59 Å². The number of rotatable bonds is 7. The van der Waals surface area contributed by atoms with Crippen molar-refractivity contribution in [1.29, 1.82) is 0 Å². The summed E-state index contributed by atoms with van der Waals surface area (Å²) in [5.74, 6) is -0.454. The Hall–Kier alpha value is -1.43. The summed E-state index contributed by atoms with van der Waals surface area (Å²) < 4.78 is 9.40. The number of nitrogens with one attached hydrogen (secondary N) is 1. The van der Waals surface area contributed by atoms with Gasteiger partial charge in [-0.15, -0.1) is 0 Å². The van der Waals surface area contributed by atoms with Crippen molar-refractivity contribution in [2.75, 3.05) is 19.0 Å². The van der Waals surface area contributed by atoms with E-state index in [2.05, 4.69) is 35.8 Å². The van der Waals surface area contributed by atoms with Crippen LogP contribution in [0.3, 0.4) is 0 Å². The second-order valence-corrected chi connectivity index (χ2v) is 3.05. The van der Waals surface area contributed by atoms with E-state index in [-0.39, 0.29) is 19.0 Å². The number of amides is 1. The van der Waals surface area contributed by atoms with Crippen LogP contribution in [0.5, 0.6) is 0 Å². The quantitative estimate of drug-likeness (QED) is 0.398. The molecule has 0 heterocycles. The summed E-state index contributed by atoms with van der Waals surface area (Å²) in [4.78, 5) is 22.4. The molecule has 0 unspecified atom stereocenters. The Bertz CT molecular complexity index is 268. The topological polar surface area (TPSA) is 64.6 Å². The number of esters is 1. The molecule has 0 saturated carbocycles. The van der Waals surface area contributed by atoms with E-state index < -0.39 is 18.1 Å². The molecule has 0 aromatic rings. The molecule has 0 radical (unpaired) electrons. The van der Waals surface area contributed by atoms with Gasteiger partial charge in [0.15, 0.2) is 0 Å². The first-order valence-electron chi connectivity index (χ1n) is 4.58. The van der Waals surface area contributed by atoms with Gasteiger partial charge >= 0.3 is 12.1 Å². The smallest absolute Gasteiger partial charge is 0.408 e. The number of thiol groups is 1. The molecule has 1 N–H and O–H groups in total. The van der Waals surface area contributed by atoms with Gasteiger partial charge in [-0.25, -0.2) is 9.59 Å². The van der Waals surface area contributed by atoms with Gasteiger partial charge in [0.05, 0.1) is 0 Å². The SMILES string of the molecule is C=CCOC(=O)N[C@H](CS)C(=O)OCC=C. The third kappa shape index (κ3) is 6.13. The third-order valence-electron chi connectivity index (χ3n) is 1.43. The lowest BCUT2D eigenvalue weighted by atomic mass is 10.3. The molecule has 1 atom stereocenters. The minimum Gasteiger partial charge on any atom is -0.460 e. The zero-order valence-electron chi connectivity index (χ0n) is 8.85. The molecule has 90 valence electrons. The second-order valence-electron chi connectivity index (χ2n) is 2.69. The molecule has 0 rings (SSSR count). The fraction of sp³-hybridized carbons (Fsp3) is 0.400. The van der Waals surface area contributed by atoms with Gasteiger partial charge < -0.3 is 14.8 Å². The van der Waals surface area contributed by atoms with Crippen molar-refractivity contribution in [3.63, 3.8) is 0 Å². The van der Waals surface area contributed by atoms with Gasteiger partial charge in [-0.3, -0.25) is 0 Å². The van der Waals surface area contributed by atoms with Crippen LogP contribution in [0.4, 0.5) is 4.79 Å². The van der Waals surface area contributed by atoms with Crippen molar-refractivity contribution in [1.82, 2.24) is 5.32 Å². The highest BCUT2D eigenvalue weighted by Crippen LogP contribution is 1.94. The molecule has 16 heavy (non-hydrogen) atoms. The Kier molecular flexibility index (Phi) is 8.05. The molecule has 0 bridgehead atoms. The first-order valence-corrected chi connectivity index (χ1v) is 5.21. The van der Waals surface area contributed by atoms with Gasteiger partial charge in [-0.05, 0) is 0 Å². The summed E-state index contributed by atoms with van der Waals surface area (Å²) in [5, 5.41) is 2.32. The van der Waals surface area contributed by atoms with E-state index in [1.807, 2.05) is 0 Å². The summed E-state index contributed by atoms with van der Waals surface area (Å²) in [6, 6.07) is -0.833. The monoisotopic (exact) mass is 245 g/mol. The van der Waals surface area contributed by atoms with Gasteiger partial charge in [-0.2, -0.15) is 12.6 Å². The molecule has 0 aromatic heterocycles. The zero-order chi connectivity index (χ0) is 12.4. The lowest BCUT2D eigenvalue weighted by Crippen LogP contribution is -2.43. The highest BCUT2D eigenvalue weighted by Gasteiger charge is 2.20. The van der Waals surface area contributed by atoms with E-state index in [4.69, 9.17) is 4.74 Å². The van der Waals surface area contributed by atoms with E-state index in [1.54, 1.807) is 0 Å². The zero-order valence-corrected chi connectivity index (χ0v) is 9.74. The summed E-state index contributed by atoms with van der Waals surface area (Å²) in [5.41, 5.74) is 0. The molecule has 0 aliphatic rings. The van der Waals surface area contributed by atoms with Crippen LogP contribution in [-0.2, 0) is 14.3 Å². The Morgan fingerprint density at radius 2 is 1.81 bits per heavy atom. The second kappa shape index (κ2) is 8.84. The van der Waals surface area contributed by atoms with Crippen molar-refractivity contribution < 1.29 is 19.1 Å². The number of hydrogen-bond donors (Lipinski definition) is 2. The average Bonchev–Trinajstić information content (AvgIpc) is 2.30. The Morgan fingerprint density at radius 1 is 1.25 bits per heavy atom. The molecule has 6 heteroatoms. The largest absolute Gasteiger partial charge is 0.460 e. The Balaban J connectivity index is 4.06. The minimum absolute atomic E-state index is 0.0762. The van der Waals surface area contributed by atoms with Crippen LogP contribution in [0.2, 0.25) is 0 Å². The van der Waals surface area contributed by atoms with Crippen molar-refractivity contribution >= 4 is 24.7 Å². The number of alkyl carbamates (subject to hydrolysis) is 1. The fourth-order valence-electron chi connectivity index (χ4n) is 0.739. The number of ether oxygens (including phenoxy) is 2. The molecular formula is C10H15NO4S. The summed E-state index contributed by atoms with van der Waals surface area (Å²) in [6.45, 7) is 6.95. The predicted octanol–water partition coefficient (Wildman–Crippen LogP) is 0.926. The van der Waals surface area contributed by atoms with Crippen molar-refractivity contribution in [3.8, 4) is 0 Å². The standard InChI is InChI=1S/C10H15NO4S/c1-3-5-14-9(12)8(7-16)11-10(13)15-6-4-2/h3-4,8,16H,1-2,5-7H2,(H,11,13)/t8-/m1/s1. The normalized spacial score (nSPS) is 11.1. The summed E-state index contributed by atoms with van der Waals surface area (Å²) in [7, 11) is 0. The fourth-order valence-corrected chi connectivity index (χ4v) is 0.980. The van der Waals surface area contributed by atoms with Crippen LogP contribution in [0.15, 0.2) is 25.3 Å². The van der Waals surface area contributed by atoms with Gasteiger partial charge in [0.25, 0.3) is 0 Å². The lowest BCUT2D eigenvalue weighted by Gasteiger charge is -2.14. The predicted molar refractivity (Wildman–Crippen MR) is 63.5 cm³/mol. The van der Waals surface area contributed by atoms with Crippen molar-refractivity contribution in [2.45, 2.75) is 6.04 Å². The van der Waals surface area contributed by atoms with Crippen LogP contribution < -0.4 is 5.32 Å². The molecule has 5 nitrogen and oxygen atoms in total.